The van der Waals surface area contributed by atoms with E-state index in [0.29, 0.717) is 18.5 Å². The molecular weight excluding hydrogens is 238 g/mol. The van der Waals surface area contributed by atoms with Gasteiger partial charge < -0.3 is 16.0 Å². The highest BCUT2D eigenvalue weighted by molar-refractivity contribution is 5.94. The number of benzene rings is 1. The summed E-state index contributed by atoms with van der Waals surface area (Å²) in [6, 6.07) is 7.89. The fourth-order valence-corrected chi connectivity index (χ4v) is 3.17. The Bertz CT molecular complexity index is 449. The average Bonchev–Trinajstić information content (AvgIpc) is 2.48. The Morgan fingerprint density at radius 3 is 2.47 bits per heavy atom. The van der Waals surface area contributed by atoms with Crippen molar-refractivity contribution < 1.29 is 4.79 Å². The first-order valence-electron chi connectivity index (χ1n) is 7.08. The maximum atomic E-state index is 12.2. The third-order valence-electron chi connectivity index (χ3n) is 4.42. The number of nitrogens with one attached hydrogen (secondary N) is 1. The number of carbonyl (C=O) groups excluding carboxylic acids is 1. The lowest BCUT2D eigenvalue weighted by Gasteiger charge is -2.44. The number of hydrogen-bond acceptors (Lipinski definition) is 3. The highest BCUT2D eigenvalue weighted by atomic mass is 16.1. The lowest BCUT2D eigenvalue weighted by atomic mass is 9.84. The van der Waals surface area contributed by atoms with Crippen LogP contribution in [0.5, 0.6) is 0 Å². The van der Waals surface area contributed by atoms with Crippen molar-refractivity contribution in [2.24, 2.45) is 11.7 Å². The maximum absolute atomic E-state index is 12.2. The zero-order valence-electron chi connectivity index (χ0n) is 11.1. The number of rotatable bonds is 3. The summed E-state index contributed by atoms with van der Waals surface area (Å²) in [5.41, 5.74) is 7.35. The van der Waals surface area contributed by atoms with Crippen LogP contribution in [0.3, 0.4) is 0 Å². The first kappa shape index (κ1) is 12.6. The number of hydrogen-bond donors (Lipinski definition) is 2. The predicted octanol–water partition coefficient (Wildman–Crippen LogP) is 0.969. The Balaban J connectivity index is 1.64. The minimum Gasteiger partial charge on any atom is -0.348 e. The molecule has 3 saturated heterocycles. The number of piperidine rings is 3. The van der Waals surface area contributed by atoms with Crippen molar-refractivity contribution in [2.45, 2.75) is 25.4 Å². The lowest BCUT2D eigenvalue weighted by Crippen LogP contribution is -2.57. The molecule has 0 spiro atoms. The van der Waals surface area contributed by atoms with Crippen LogP contribution in [0.15, 0.2) is 24.3 Å². The van der Waals surface area contributed by atoms with Crippen molar-refractivity contribution in [1.29, 1.82) is 0 Å². The second-order valence-electron chi connectivity index (χ2n) is 5.62. The minimum absolute atomic E-state index is 0.0438. The lowest BCUT2D eigenvalue weighted by molar-refractivity contribution is 0.0620. The molecule has 1 aromatic rings. The minimum atomic E-state index is 0.0438. The van der Waals surface area contributed by atoms with E-state index in [1.807, 2.05) is 24.3 Å². The van der Waals surface area contributed by atoms with Gasteiger partial charge in [-0.2, -0.15) is 0 Å². The molecule has 1 aromatic carbocycles. The Hall–Kier alpha value is -1.39. The van der Waals surface area contributed by atoms with Gasteiger partial charge in [-0.05, 0) is 49.5 Å². The average molecular weight is 259 g/mol. The number of fused-ring (bicyclic) bond motifs is 3. The molecule has 0 aliphatic carbocycles. The zero-order chi connectivity index (χ0) is 13.2. The van der Waals surface area contributed by atoms with E-state index in [2.05, 4.69) is 10.2 Å². The Morgan fingerprint density at radius 1 is 1.26 bits per heavy atom. The predicted molar refractivity (Wildman–Crippen MR) is 74.8 cm³/mol. The second kappa shape index (κ2) is 5.31. The number of nitrogens with zero attached hydrogens (tertiary/aromatic N) is 1. The van der Waals surface area contributed by atoms with Crippen LogP contribution in [0, 0.1) is 5.92 Å². The van der Waals surface area contributed by atoms with E-state index in [1.54, 1.807) is 0 Å². The first-order chi connectivity index (χ1) is 9.26. The third-order valence-corrected chi connectivity index (χ3v) is 4.42. The largest absolute Gasteiger partial charge is 0.348 e. The Kier molecular flexibility index (Phi) is 3.53. The quantitative estimate of drug-likeness (QED) is 0.850. The fourth-order valence-electron chi connectivity index (χ4n) is 3.17. The summed E-state index contributed by atoms with van der Waals surface area (Å²) in [6.45, 7) is 3.92. The molecule has 0 saturated carbocycles. The van der Waals surface area contributed by atoms with Gasteiger partial charge in [0.15, 0.2) is 0 Å². The highest BCUT2D eigenvalue weighted by Crippen LogP contribution is 2.27. The second-order valence-corrected chi connectivity index (χ2v) is 5.62. The van der Waals surface area contributed by atoms with E-state index >= 15 is 0 Å². The molecule has 0 radical (unpaired) electrons. The van der Waals surface area contributed by atoms with Gasteiger partial charge >= 0.3 is 0 Å². The summed E-state index contributed by atoms with van der Waals surface area (Å²) in [5, 5.41) is 3.19. The molecule has 2 bridgehead atoms. The van der Waals surface area contributed by atoms with E-state index < -0.39 is 0 Å². The topological polar surface area (TPSA) is 58.4 Å². The standard InChI is InChI=1S/C15H21N3O/c16-9-11-1-3-13(4-2-11)15(19)17-14-10-18-7-5-12(14)6-8-18/h1-4,12,14H,5-10,16H2,(H,17,19). The van der Waals surface area contributed by atoms with Gasteiger partial charge in [-0.25, -0.2) is 0 Å². The molecule has 3 N–H and O–H groups in total. The van der Waals surface area contributed by atoms with Gasteiger partial charge in [0.05, 0.1) is 0 Å². The van der Waals surface area contributed by atoms with Crippen LogP contribution >= 0.6 is 0 Å². The highest BCUT2D eigenvalue weighted by Gasteiger charge is 2.34. The van der Waals surface area contributed by atoms with Gasteiger partial charge in [-0.15, -0.1) is 0 Å². The van der Waals surface area contributed by atoms with E-state index in [1.165, 1.54) is 25.9 Å². The zero-order valence-corrected chi connectivity index (χ0v) is 11.1. The van der Waals surface area contributed by atoms with Crippen LogP contribution in [0.1, 0.15) is 28.8 Å². The number of nitrogens with two attached hydrogens (primary N) is 1. The molecule has 1 amide bonds. The summed E-state index contributed by atoms with van der Waals surface area (Å²) in [4.78, 5) is 14.7. The molecule has 1 atom stereocenters. The van der Waals surface area contributed by atoms with Crippen molar-refractivity contribution in [3.05, 3.63) is 35.4 Å². The molecule has 4 nitrogen and oxygen atoms in total. The molecule has 0 aromatic heterocycles. The van der Waals surface area contributed by atoms with Gasteiger partial charge in [-0.3, -0.25) is 4.79 Å². The van der Waals surface area contributed by atoms with Crippen molar-refractivity contribution >= 4 is 5.91 Å². The molecule has 3 aliphatic rings. The SMILES string of the molecule is NCc1ccc(C(=O)NC2CN3CCC2CC3)cc1. The van der Waals surface area contributed by atoms with Crippen LogP contribution < -0.4 is 11.1 Å². The summed E-state index contributed by atoms with van der Waals surface area (Å²) in [7, 11) is 0. The van der Waals surface area contributed by atoms with Gasteiger partial charge in [0.1, 0.15) is 0 Å². The summed E-state index contributed by atoms with van der Waals surface area (Å²) >= 11 is 0. The van der Waals surface area contributed by atoms with Crippen molar-refractivity contribution in [3.63, 3.8) is 0 Å². The normalized spacial score (nSPS) is 29.2. The summed E-state index contributed by atoms with van der Waals surface area (Å²) < 4.78 is 0. The van der Waals surface area contributed by atoms with Crippen LogP contribution in [-0.2, 0) is 6.54 Å². The number of amides is 1. The van der Waals surface area contributed by atoms with E-state index in [0.717, 1.165) is 17.7 Å². The first-order valence-corrected chi connectivity index (χ1v) is 7.08. The van der Waals surface area contributed by atoms with Crippen LogP contribution in [0.25, 0.3) is 0 Å². The number of carbonyl (C=O) groups is 1. The Morgan fingerprint density at radius 2 is 1.95 bits per heavy atom. The molecule has 1 unspecified atom stereocenters. The fraction of sp³-hybridized carbons (Fsp3) is 0.533. The van der Waals surface area contributed by atoms with E-state index in [-0.39, 0.29) is 5.91 Å². The maximum Gasteiger partial charge on any atom is 0.251 e. The van der Waals surface area contributed by atoms with Gasteiger partial charge in [0.2, 0.25) is 0 Å². The van der Waals surface area contributed by atoms with Gasteiger partial charge in [0, 0.05) is 24.7 Å². The summed E-state index contributed by atoms with van der Waals surface area (Å²) in [6.07, 6.45) is 2.44. The van der Waals surface area contributed by atoms with Crippen molar-refractivity contribution in [2.75, 3.05) is 19.6 Å². The third kappa shape index (κ3) is 2.65. The Labute approximate surface area is 114 Å². The molecule has 3 aliphatic heterocycles. The monoisotopic (exact) mass is 259 g/mol. The van der Waals surface area contributed by atoms with Crippen molar-refractivity contribution in [3.8, 4) is 0 Å². The summed E-state index contributed by atoms with van der Waals surface area (Å²) in [5.74, 6) is 0.708. The molecule has 102 valence electrons. The smallest absolute Gasteiger partial charge is 0.251 e. The molecule has 19 heavy (non-hydrogen) atoms. The molecule has 4 rings (SSSR count). The molecule has 3 fully saturated rings. The van der Waals surface area contributed by atoms with Crippen LogP contribution in [0.4, 0.5) is 0 Å². The van der Waals surface area contributed by atoms with E-state index in [4.69, 9.17) is 5.73 Å². The van der Waals surface area contributed by atoms with E-state index in [9.17, 15) is 4.79 Å². The van der Waals surface area contributed by atoms with Gasteiger partial charge in [-0.1, -0.05) is 12.1 Å². The van der Waals surface area contributed by atoms with Crippen molar-refractivity contribution in [1.82, 2.24) is 10.2 Å². The molecule has 3 heterocycles. The molecule has 4 heteroatoms. The van der Waals surface area contributed by atoms with Crippen LogP contribution in [-0.4, -0.2) is 36.5 Å². The van der Waals surface area contributed by atoms with Crippen LogP contribution in [0.2, 0.25) is 0 Å². The molecular formula is C15H21N3O. The van der Waals surface area contributed by atoms with Gasteiger partial charge in [0.25, 0.3) is 5.91 Å².